The SMILES string of the molecule is C=C(Cc1cc(C2CC2)[nH]c1C)c1nc(-c2ccccn2)ncc1N. The summed E-state index contributed by atoms with van der Waals surface area (Å²) >= 11 is 0. The van der Waals surface area contributed by atoms with Gasteiger partial charge in [0.2, 0.25) is 0 Å². The highest BCUT2D eigenvalue weighted by molar-refractivity contribution is 5.73. The molecule has 0 atom stereocenters. The number of allylic oxidation sites excluding steroid dienone is 1. The molecule has 0 unspecified atom stereocenters. The van der Waals surface area contributed by atoms with Gasteiger partial charge in [-0.15, -0.1) is 0 Å². The van der Waals surface area contributed by atoms with Crippen molar-refractivity contribution in [1.82, 2.24) is 19.9 Å². The van der Waals surface area contributed by atoms with Gasteiger partial charge < -0.3 is 10.7 Å². The average Bonchev–Trinajstić information content (AvgIpc) is 3.41. The van der Waals surface area contributed by atoms with Crippen LogP contribution in [0.3, 0.4) is 0 Å². The molecule has 3 aromatic rings. The Morgan fingerprint density at radius 1 is 1.32 bits per heavy atom. The number of nitrogens with one attached hydrogen (secondary N) is 1. The molecule has 0 aliphatic heterocycles. The summed E-state index contributed by atoms with van der Waals surface area (Å²) in [6.45, 7) is 6.33. The number of aromatic amines is 1. The molecule has 3 aromatic heterocycles. The fourth-order valence-corrected chi connectivity index (χ4v) is 3.03. The molecule has 1 aliphatic rings. The first-order valence-electron chi connectivity index (χ1n) is 8.52. The third-order valence-corrected chi connectivity index (χ3v) is 4.61. The summed E-state index contributed by atoms with van der Waals surface area (Å²) in [5.41, 5.74) is 12.8. The third kappa shape index (κ3) is 3.18. The molecule has 4 rings (SSSR count). The summed E-state index contributed by atoms with van der Waals surface area (Å²) in [5.74, 6) is 1.27. The van der Waals surface area contributed by atoms with E-state index in [0.29, 0.717) is 23.1 Å². The average molecular weight is 331 g/mol. The van der Waals surface area contributed by atoms with Gasteiger partial charge in [0.15, 0.2) is 5.82 Å². The fraction of sp³-hybridized carbons (Fsp3) is 0.250. The van der Waals surface area contributed by atoms with E-state index in [-0.39, 0.29) is 0 Å². The van der Waals surface area contributed by atoms with Crippen LogP contribution < -0.4 is 5.73 Å². The highest BCUT2D eigenvalue weighted by Crippen LogP contribution is 2.40. The zero-order valence-corrected chi connectivity index (χ0v) is 14.3. The number of H-pyrrole nitrogens is 1. The van der Waals surface area contributed by atoms with Crippen molar-refractivity contribution in [3.8, 4) is 11.5 Å². The van der Waals surface area contributed by atoms with E-state index >= 15 is 0 Å². The summed E-state index contributed by atoms with van der Waals surface area (Å²) in [6, 6.07) is 7.93. The minimum Gasteiger partial charge on any atom is -0.396 e. The van der Waals surface area contributed by atoms with Crippen LogP contribution in [0.5, 0.6) is 0 Å². The van der Waals surface area contributed by atoms with Gasteiger partial charge >= 0.3 is 0 Å². The zero-order chi connectivity index (χ0) is 17.4. The lowest BCUT2D eigenvalue weighted by molar-refractivity contribution is 1.03. The van der Waals surface area contributed by atoms with Gasteiger partial charge in [0.1, 0.15) is 5.69 Å². The summed E-state index contributed by atoms with van der Waals surface area (Å²) < 4.78 is 0. The molecular weight excluding hydrogens is 310 g/mol. The van der Waals surface area contributed by atoms with E-state index in [0.717, 1.165) is 17.7 Å². The number of rotatable bonds is 5. The number of anilines is 1. The topological polar surface area (TPSA) is 80.5 Å². The molecule has 5 nitrogen and oxygen atoms in total. The van der Waals surface area contributed by atoms with E-state index in [1.54, 1.807) is 12.4 Å². The Bertz CT molecular complexity index is 923. The first kappa shape index (κ1) is 15.6. The molecule has 0 spiro atoms. The number of hydrogen-bond donors (Lipinski definition) is 2. The monoisotopic (exact) mass is 331 g/mol. The highest BCUT2D eigenvalue weighted by atomic mass is 14.9. The van der Waals surface area contributed by atoms with Crippen molar-refractivity contribution in [3.05, 3.63) is 65.9 Å². The highest BCUT2D eigenvalue weighted by Gasteiger charge is 2.26. The van der Waals surface area contributed by atoms with Crippen LogP contribution in [0.15, 0.2) is 43.2 Å². The number of nitrogens with zero attached hydrogens (tertiary/aromatic N) is 3. The van der Waals surface area contributed by atoms with Crippen LogP contribution in [0.1, 0.15) is 41.4 Å². The summed E-state index contributed by atoms with van der Waals surface area (Å²) in [7, 11) is 0. The van der Waals surface area contributed by atoms with Crippen molar-refractivity contribution in [3.63, 3.8) is 0 Å². The lowest BCUT2D eigenvalue weighted by atomic mass is 10.0. The number of hydrogen-bond acceptors (Lipinski definition) is 4. The smallest absolute Gasteiger partial charge is 0.178 e. The molecule has 0 radical (unpaired) electrons. The molecule has 1 fully saturated rings. The molecule has 1 saturated carbocycles. The first-order valence-corrected chi connectivity index (χ1v) is 8.52. The van der Waals surface area contributed by atoms with Crippen LogP contribution in [0.4, 0.5) is 5.69 Å². The second-order valence-electron chi connectivity index (χ2n) is 6.64. The van der Waals surface area contributed by atoms with E-state index in [1.807, 2.05) is 18.2 Å². The Morgan fingerprint density at radius 2 is 2.16 bits per heavy atom. The van der Waals surface area contributed by atoms with E-state index in [1.165, 1.54) is 29.8 Å². The van der Waals surface area contributed by atoms with Crippen LogP contribution in [0.25, 0.3) is 17.1 Å². The van der Waals surface area contributed by atoms with Gasteiger partial charge in [-0.25, -0.2) is 9.97 Å². The summed E-state index contributed by atoms with van der Waals surface area (Å²) in [6.07, 6.45) is 6.65. The zero-order valence-electron chi connectivity index (χ0n) is 14.3. The molecule has 3 N–H and O–H groups in total. The van der Waals surface area contributed by atoms with Gasteiger partial charge in [-0.3, -0.25) is 4.98 Å². The Morgan fingerprint density at radius 3 is 2.88 bits per heavy atom. The van der Waals surface area contributed by atoms with Crippen LogP contribution in [0.2, 0.25) is 0 Å². The summed E-state index contributed by atoms with van der Waals surface area (Å²) in [4.78, 5) is 16.7. The quantitative estimate of drug-likeness (QED) is 0.743. The molecule has 126 valence electrons. The number of aromatic nitrogens is 4. The molecule has 0 aromatic carbocycles. The maximum Gasteiger partial charge on any atom is 0.178 e. The van der Waals surface area contributed by atoms with Gasteiger partial charge in [-0.1, -0.05) is 12.6 Å². The molecule has 5 heteroatoms. The van der Waals surface area contributed by atoms with Crippen LogP contribution in [-0.4, -0.2) is 19.9 Å². The number of aryl methyl sites for hydroxylation is 1. The first-order chi connectivity index (χ1) is 12.1. The Labute approximate surface area is 147 Å². The minimum atomic E-state index is 0.542. The molecule has 0 amide bonds. The molecule has 1 aliphatic carbocycles. The van der Waals surface area contributed by atoms with Crippen molar-refractivity contribution in [2.45, 2.75) is 32.1 Å². The number of nitrogen functional groups attached to an aromatic ring is 1. The van der Waals surface area contributed by atoms with Crippen molar-refractivity contribution in [2.24, 2.45) is 0 Å². The third-order valence-electron chi connectivity index (χ3n) is 4.61. The van der Waals surface area contributed by atoms with Gasteiger partial charge in [0, 0.05) is 24.0 Å². The molecule has 3 heterocycles. The second kappa shape index (κ2) is 6.16. The van der Waals surface area contributed by atoms with Crippen molar-refractivity contribution < 1.29 is 0 Å². The molecule has 0 bridgehead atoms. The minimum absolute atomic E-state index is 0.542. The van der Waals surface area contributed by atoms with E-state index in [4.69, 9.17) is 5.73 Å². The Hall–Kier alpha value is -2.95. The predicted octanol–water partition coefficient (Wildman–Crippen LogP) is 3.89. The summed E-state index contributed by atoms with van der Waals surface area (Å²) in [5, 5.41) is 0. The van der Waals surface area contributed by atoms with Crippen molar-refractivity contribution in [1.29, 1.82) is 0 Å². The van der Waals surface area contributed by atoms with E-state index in [2.05, 4.69) is 39.5 Å². The Balaban J connectivity index is 1.61. The lowest BCUT2D eigenvalue weighted by Gasteiger charge is -2.09. The Kier molecular flexibility index (Phi) is 3.84. The van der Waals surface area contributed by atoms with Crippen LogP contribution in [0, 0.1) is 6.92 Å². The lowest BCUT2D eigenvalue weighted by Crippen LogP contribution is -2.03. The largest absolute Gasteiger partial charge is 0.396 e. The predicted molar refractivity (Wildman–Crippen MR) is 99.9 cm³/mol. The molecule has 0 saturated heterocycles. The second-order valence-corrected chi connectivity index (χ2v) is 6.64. The van der Waals surface area contributed by atoms with Gasteiger partial charge in [-0.05, 0) is 55.0 Å². The molecular formula is C20H21N5. The molecule has 25 heavy (non-hydrogen) atoms. The van der Waals surface area contributed by atoms with Gasteiger partial charge in [0.05, 0.1) is 17.6 Å². The number of nitrogens with two attached hydrogens (primary N) is 1. The number of pyridine rings is 1. The van der Waals surface area contributed by atoms with Gasteiger partial charge in [-0.2, -0.15) is 0 Å². The van der Waals surface area contributed by atoms with E-state index in [9.17, 15) is 0 Å². The standard InChI is InChI=1S/C20H21N5/c1-12(9-15-10-18(14-6-7-14)24-13(15)2)19-16(21)11-23-20(25-19)17-5-3-4-8-22-17/h3-5,8,10-11,14,24H,1,6-7,9,21H2,2H3. The maximum atomic E-state index is 6.11. The maximum absolute atomic E-state index is 6.11. The van der Waals surface area contributed by atoms with Crippen LogP contribution in [-0.2, 0) is 6.42 Å². The normalized spacial score (nSPS) is 13.8. The van der Waals surface area contributed by atoms with Crippen molar-refractivity contribution >= 4 is 11.3 Å². The van der Waals surface area contributed by atoms with Crippen molar-refractivity contribution in [2.75, 3.05) is 5.73 Å². The van der Waals surface area contributed by atoms with Crippen LogP contribution >= 0.6 is 0 Å². The van der Waals surface area contributed by atoms with E-state index < -0.39 is 0 Å². The van der Waals surface area contributed by atoms with Gasteiger partial charge in [0.25, 0.3) is 0 Å². The fourth-order valence-electron chi connectivity index (χ4n) is 3.03.